The minimum absolute atomic E-state index is 0.326. The van der Waals surface area contributed by atoms with Gasteiger partial charge in [0.2, 0.25) is 0 Å². The van der Waals surface area contributed by atoms with E-state index in [0.717, 1.165) is 22.2 Å². The predicted molar refractivity (Wildman–Crippen MR) is 97.8 cm³/mol. The Balaban J connectivity index is 2.21. The molecular weight excluding hydrogens is 330 g/mol. The average molecular weight is 347 g/mol. The number of nitrogens with zero attached hydrogens (tertiary/aromatic N) is 1. The number of thiophene rings is 1. The van der Waals surface area contributed by atoms with Crippen molar-refractivity contribution in [1.29, 1.82) is 0 Å². The zero-order valence-electron chi connectivity index (χ0n) is 12.8. The van der Waals surface area contributed by atoms with Crippen LogP contribution in [0.5, 0.6) is 0 Å². The maximum absolute atomic E-state index is 13.2. The Morgan fingerprint density at radius 2 is 2.13 bits per heavy atom. The van der Waals surface area contributed by atoms with Crippen LogP contribution < -0.4 is 10.0 Å². The van der Waals surface area contributed by atoms with Crippen molar-refractivity contribution in [3.63, 3.8) is 0 Å². The van der Waals surface area contributed by atoms with Crippen LogP contribution in [-0.4, -0.2) is 28.0 Å². The van der Waals surface area contributed by atoms with Crippen LogP contribution in [0.25, 0.3) is 10.9 Å². The molecular formula is C16H17N3O2S2. The van der Waals surface area contributed by atoms with Crippen LogP contribution in [0.3, 0.4) is 0 Å². The standard InChI is InChI=1S/C16H17N3O2S2/c1-10-7-11-9-12(16(17)20)18-15(11)13(8-10)19(2)23(3,21)14-5-4-6-22-14/h4-9,18H,3H2,1-2H3,(H2,17,20). The molecule has 7 heteroatoms. The van der Waals surface area contributed by atoms with E-state index in [4.69, 9.17) is 5.73 Å². The first kappa shape index (κ1) is 15.6. The van der Waals surface area contributed by atoms with Gasteiger partial charge < -0.3 is 10.7 Å². The molecule has 2 aromatic heterocycles. The van der Waals surface area contributed by atoms with E-state index in [9.17, 15) is 9.00 Å². The highest BCUT2D eigenvalue weighted by atomic mass is 32.2. The first-order valence-electron chi connectivity index (χ1n) is 6.88. The van der Waals surface area contributed by atoms with Gasteiger partial charge in [-0.3, -0.25) is 9.10 Å². The number of aryl methyl sites for hydroxylation is 1. The number of aromatic nitrogens is 1. The van der Waals surface area contributed by atoms with Crippen molar-refractivity contribution < 1.29 is 9.00 Å². The molecule has 0 saturated carbocycles. The second-order valence-corrected chi connectivity index (χ2v) is 8.84. The highest BCUT2D eigenvalue weighted by Gasteiger charge is 2.20. The van der Waals surface area contributed by atoms with E-state index in [1.54, 1.807) is 17.4 Å². The smallest absolute Gasteiger partial charge is 0.265 e. The molecule has 23 heavy (non-hydrogen) atoms. The van der Waals surface area contributed by atoms with Gasteiger partial charge in [0, 0.05) is 12.4 Å². The molecule has 0 aliphatic heterocycles. The van der Waals surface area contributed by atoms with Crippen molar-refractivity contribution in [1.82, 2.24) is 4.98 Å². The van der Waals surface area contributed by atoms with Crippen LogP contribution in [0.1, 0.15) is 16.1 Å². The Kier molecular flexibility index (Phi) is 3.69. The number of rotatable bonds is 4. The molecule has 0 aliphatic rings. The fraction of sp³-hybridized carbons (Fsp3) is 0.125. The molecule has 0 saturated heterocycles. The third-order valence-corrected chi connectivity index (χ3v) is 7.29. The van der Waals surface area contributed by atoms with E-state index < -0.39 is 15.6 Å². The normalized spacial score (nSPS) is 13.8. The van der Waals surface area contributed by atoms with Crippen molar-refractivity contribution in [3.05, 3.63) is 47.0 Å². The SMILES string of the molecule is C=S(=O)(c1cccs1)N(C)c1cc(C)cc2cc(C(N)=O)[nH]c12. The summed E-state index contributed by atoms with van der Waals surface area (Å²) in [6.45, 7) is 1.95. The Morgan fingerprint density at radius 3 is 2.74 bits per heavy atom. The van der Waals surface area contributed by atoms with E-state index in [-0.39, 0.29) is 0 Å². The van der Waals surface area contributed by atoms with Gasteiger partial charge in [0.1, 0.15) is 9.90 Å². The van der Waals surface area contributed by atoms with Gasteiger partial charge >= 0.3 is 0 Å². The van der Waals surface area contributed by atoms with Crippen molar-refractivity contribution in [2.45, 2.75) is 11.1 Å². The number of H-pyrrole nitrogens is 1. The molecule has 3 N–H and O–H groups in total. The van der Waals surface area contributed by atoms with Crippen LogP contribution in [-0.2, 0) is 9.71 Å². The Labute approximate surface area is 138 Å². The number of nitrogens with two attached hydrogens (primary N) is 1. The third-order valence-electron chi connectivity index (χ3n) is 3.71. The summed E-state index contributed by atoms with van der Waals surface area (Å²) in [6.07, 6.45) is 0. The highest BCUT2D eigenvalue weighted by molar-refractivity contribution is 8.03. The summed E-state index contributed by atoms with van der Waals surface area (Å²) in [5.41, 5.74) is 8.12. The minimum atomic E-state index is -2.65. The van der Waals surface area contributed by atoms with Crippen LogP contribution in [0.2, 0.25) is 0 Å². The number of carbonyl (C=O) groups excluding carboxylic acids is 1. The molecule has 2 heterocycles. The fourth-order valence-corrected chi connectivity index (χ4v) is 5.07. The second-order valence-electron chi connectivity index (χ2n) is 5.37. The van der Waals surface area contributed by atoms with E-state index in [2.05, 4.69) is 10.9 Å². The summed E-state index contributed by atoms with van der Waals surface area (Å²) in [6, 6.07) is 9.24. The van der Waals surface area contributed by atoms with Crippen LogP contribution in [0.4, 0.5) is 5.69 Å². The van der Waals surface area contributed by atoms with Crippen LogP contribution >= 0.6 is 11.3 Å². The maximum Gasteiger partial charge on any atom is 0.265 e. The summed E-state index contributed by atoms with van der Waals surface area (Å²) in [7, 11) is -0.908. The largest absolute Gasteiger partial charge is 0.364 e. The third kappa shape index (κ3) is 2.62. The molecule has 0 radical (unpaired) electrons. The van der Waals surface area contributed by atoms with Gasteiger partial charge in [-0.25, -0.2) is 4.21 Å². The lowest BCUT2D eigenvalue weighted by atomic mass is 10.1. The molecule has 5 nitrogen and oxygen atoms in total. The summed E-state index contributed by atoms with van der Waals surface area (Å²) < 4.78 is 15.5. The number of hydrogen-bond donors (Lipinski definition) is 2. The van der Waals surface area contributed by atoms with Crippen LogP contribution in [0, 0.1) is 6.92 Å². The number of fused-ring (bicyclic) bond motifs is 1. The molecule has 0 bridgehead atoms. The number of anilines is 1. The molecule has 1 aromatic carbocycles. The van der Waals surface area contributed by atoms with Gasteiger partial charge in [0.05, 0.1) is 20.9 Å². The number of nitrogens with one attached hydrogen (secondary N) is 1. The lowest BCUT2D eigenvalue weighted by molar-refractivity contribution is 0.0996. The Bertz CT molecular complexity index is 986. The predicted octanol–water partition coefficient (Wildman–Crippen LogP) is 2.76. The molecule has 3 aromatic rings. The van der Waals surface area contributed by atoms with Gasteiger partial charge in [-0.2, -0.15) is 0 Å². The molecule has 1 unspecified atom stereocenters. The van der Waals surface area contributed by atoms with Crippen molar-refractivity contribution in [2.24, 2.45) is 5.73 Å². The van der Waals surface area contributed by atoms with Gasteiger partial charge in [0.25, 0.3) is 5.91 Å². The quantitative estimate of drug-likeness (QED) is 0.712. The summed E-state index contributed by atoms with van der Waals surface area (Å²) in [5, 5.41) is 2.72. The van der Waals surface area contributed by atoms with E-state index >= 15 is 0 Å². The molecule has 0 spiro atoms. The van der Waals surface area contributed by atoms with E-state index in [0.29, 0.717) is 9.90 Å². The Hall–Kier alpha value is -2.25. The molecule has 120 valence electrons. The second kappa shape index (κ2) is 5.43. The molecule has 0 fully saturated rings. The summed E-state index contributed by atoms with van der Waals surface area (Å²) >= 11 is 1.41. The topological polar surface area (TPSA) is 79.2 Å². The lowest BCUT2D eigenvalue weighted by Crippen LogP contribution is -2.26. The zero-order chi connectivity index (χ0) is 16.8. The first-order chi connectivity index (χ1) is 10.8. The monoisotopic (exact) mass is 347 g/mol. The first-order valence-corrected chi connectivity index (χ1v) is 9.45. The van der Waals surface area contributed by atoms with Gasteiger partial charge in [-0.05, 0) is 48.0 Å². The fourth-order valence-electron chi connectivity index (χ4n) is 2.49. The van der Waals surface area contributed by atoms with Crippen molar-refractivity contribution in [3.8, 4) is 0 Å². The highest BCUT2D eigenvalue weighted by Crippen LogP contribution is 2.32. The number of carbonyl (C=O) groups is 1. The number of primary amides is 1. The number of aromatic amines is 1. The van der Waals surface area contributed by atoms with Gasteiger partial charge in [-0.15, -0.1) is 11.3 Å². The molecule has 1 atom stereocenters. The molecule has 0 aliphatic carbocycles. The van der Waals surface area contributed by atoms with Crippen LogP contribution in [0.15, 0.2) is 39.9 Å². The summed E-state index contributed by atoms with van der Waals surface area (Å²) in [4.78, 5) is 14.5. The lowest BCUT2D eigenvalue weighted by Gasteiger charge is -2.24. The minimum Gasteiger partial charge on any atom is -0.364 e. The number of benzene rings is 1. The number of hydrogen-bond acceptors (Lipinski definition) is 3. The van der Waals surface area contributed by atoms with E-state index in [1.165, 1.54) is 11.3 Å². The maximum atomic E-state index is 13.2. The zero-order valence-corrected chi connectivity index (χ0v) is 14.5. The molecule has 1 amide bonds. The number of amides is 1. The average Bonchev–Trinajstić information content (AvgIpc) is 3.14. The Morgan fingerprint density at radius 1 is 1.39 bits per heavy atom. The van der Waals surface area contributed by atoms with E-state index in [1.807, 2.05) is 36.6 Å². The van der Waals surface area contributed by atoms with Gasteiger partial charge in [0.15, 0.2) is 0 Å². The van der Waals surface area contributed by atoms with Crippen molar-refractivity contribution >= 4 is 49.4 Å². The van der Waals surface area contributed by atoms with Gasteiger partial charge in [-0.1, -0.05) is 6.07 Å². The summed E-state index contributed by atoms with van der Waals surface area (Å²) in [5.74, 6) is 3.40. The van der Waals surface area contributed by atoms with Crippen molar-refractivity contribution in [2.75, 3.05) is 11.4 Å². The molecule has 3 rings (SSSR count).